The van der Waals surface area contributed by atoms with E-state index in [-0.39, 0.29) is 17.9 Å². The zero-order valence-electron chi connectivity index (χ0n) is 10.8. The van der Waals surface area contributed by atoms with Gasteiger partial charge in [-0.05, 0) is 31.2 Å². The van der Waals surface area contributed by atoms with E-state index in [9.17, 15) is 14.7 Å². The minimum atomic E-state index is -0.537. The number of hydrogen-bond donors (Lipinski definition) is 2. The fourth-order valence-corrected chi connectivity index (χ4v) is 2.72. The molecule has 1 unspecified atom stereocenters. The Morgan fingerprint density at radius 2 is 2.16 bits per heavy atom. The second kappa shape index (κ2) is 6.16. The number of thiophene rings is 1. The van der Waals surface area contributed by atoms with Crippen LogP contribution in [-0.4, -0.2) is 47.1 Å². The topological polar surface area (TPSA) is 69.6 Å². The van der Waals surface area contributed by atoms with Gasteiger partial charge in [-0.3, -0.25) is 9.59 Å². The Labute approximate surface area is 116 Å². The maximum atomic E-state index is 12.1. The van der Waals surface area contributed by atoms with Crippen molar-refractivity contribution >= 4 is 23.2 Å². The first-order chi connectivity index (χ1) is 9.08. The Balaban J connectivity index is 1.87. The second-order valence-corrected chi connectivity index (χ2v) is 5.68. The first-order valence-electron chi connectivity index (χ1n) is 6.39. The van der Waals surface area contributed by atoms with E-state index in [1.165, 1.54) is 11.3 Å². The molecule has 1 atom stereocenters. The van der Waals surface area contributed by atoms with Crippen LogP contribution >= 0.6 is 11.3 Å². The average molecular weight is 282 g/mol. The zero-order valence-corrected chi connectivity index (χ0v) is 11.7. The molecule has 1 saturated heterocycles. The van der Waals surface area contributed by atoms with E-state index in [0.29, 0.717) is 30.8 Å². The SMILES string of the molecule is CC(NC(=O)c1cccs1)C(=O)N1CCC(O)CC1. The molecule has 0 aliphatic carbocycles. The molecule has 0 aromatic carbocycles. The molecule has 5 nitrogen and oxygen atoms in total. The molecule has 1 aromatic heterocycles. The van der Waals surface area contributed by atoms with Gasteiger partial charge in [0.2, 0.25) is 5.91 Å². The average Bonchev–Trinajstić information content (AvgIpc) is 2.92. The normalized spacial score (nSPS) is 18.1. The van der Waals surface area contributed by atoms with Crippen LogP contribution in [0.4, 0.5) is 0 Å². The molecule has 2 rings (SSSR count). The molecule has 1 aromatic rings. The molecule has 0 radical (unpaired) electrons. The highest BCUT2D eigenvalue weighted by molar-refractivity contribution is 7.12. The van der Waals surface area contributed by atoms with Crippen LogP contribution in [0.3, 0.4) is 0 Å². The van der Waals surface area contributed by atoms with Crippen molar-refractivity contribution in [2.75, 3.05) is 13.1 Å². The molecular formula is C13H18N2O3S. The Bertz CT molecular complexity index is 439. The summed E-state index contributed by atoms with van der Waals surface area (Å²) in [5.74, 6) is -0.301. The van der Waals surface area contributed by atoms with Crippen molar-refractivity contribution in [3.05, 3.63) is 22.4 Å². The van der Waals surface area contributed by atoms with Gasteiger partial charge in [0, 0.05) is 13.1 Å². The van der Waals surface area contributed by atoms with E-state index in [1.54, 1.807) is 24.0 Å². The maximum absolute atomic E-state index is 12.1. The molecule has 0 spiro atoms. The lowest BCUT2D eigenvalue weighted by atomic mass is 10.1. The summed E-state index contributed by atoms with van der Waals surface area (Å²) in [6.07, 6.45) is 0.911. The molecule has 2 amide bonds. The van der Waals surface area contributed by atoms with Crippen LogP contribution in [0.25, 0.3) is 0 Å². The molecule has 0 saturated carbocycles. The Morgan fingerprint density at radius 3 is 2.74 bits per heavy atom. The molecule has 2 N–H and O–H groups in total. The summed E-state index contributed by atoms with van der Waals surface area (Å²) in [5, 5.41) is 13.9. The van der Waals surface area contributed by atoms with Crippen molar-refractivity contribution in [2.45, 2.75) is 31.9 Å². The first kappa shape index (κ1) is 14.0. The minimum Gasteiger partial charge on any atom is -0.393 e. The fraction of sp³-hybridized carbons (Fsp3) is 0.538. The van der Waals surface area contributed by atoms with E-state index in [4.69, 9.17) is 0 Å². The lowest BCUT2D eigenvalue weighted by molar-refractivity contribution is -0.134. The van der Waals surface area contributed by atoms with Crippen molar-refractivity contribution in [1.82, 2.24) is 10.2 Å². The van der Waals surface area contributed by atoms with Gasteiger partial charge in [-0.15, -0.1) is 11.3 Å². The van der Waals surface area contributed by atoms with E-state index in [2.05, 4.69) is 5.32 Å². The van der Waals surface area contributed by atoms with Crippen LogP contribution in [0.1, 0.15) is 29.4 Å². The van der Waals surface area contributed by atoms with E-state index in [1.807, 2.05) is 5.38 Å². The Morgan fingerprint density at radius 1 is 1.47 bits per heavy atom. The number of likely N-dealkylation sites (tertiary alicyclic amines) is 1. The number of rotatable bonds is 3. The van der Waals surface area contributed by atoms with Gasteiger partial charge in [-0.1, -0.05) is 6.07 Å². The van der Waals surface area contributed by atoms with Gasteiger partial charge in [-0.25, -0.2) is 0 Å². The number of hydrogen-bond acceptors (Lipinski definition) is 4. The third-order valence-electron chi connectivity index (χ3n) is 3.24. The van der Waals surface area contributed by atoms with Crippen molar-refractivity contribution in [1.29, 1.82) is 0 Å². The number of nitrogens with zero attached hydrogens (tertiary/aromatic N) is 1. The number of carbonyl (C=O) groups excluding carboxylic acids is 2. The van der Waals surface area contributed by atoms with Crippen LogP contribution in [-0.2, 0) is 4.79 Å². The van der Waals surface area contributed by atoms with Crippen molar-refractivity contribution in [2.24, 2.45) is 0 Å². The van der Waals surface area contributed by atoms with Crippen LogP contribution in [0.5, 0.6) is 0 Å². The summed E-state index contributed by atoms with van der Waals surface area (Å²) in [7, 11) is 0. The maximum Gasteiger partial charge on any atom is 0.261 e. The molecular weight excluding hydrogens is 264 g/mol. The third kappa shape index (κ3) is 3.54. The smallest absolute Gasteiger partial charge is 0.261 e. The van der Waals surface area contributed by atoms with Gasteiger partial charge in [0.25, 0.3) is 5.91 Å². The van der Waals surface area contributed by atoms with Crippen LogP contribution < -0.4 is 5.32 Å². The van der Waals surface area contributed by atoms with Crippen LogP contribution in [0.2, 0.25) is 0 Å². The van der Waals surface area contributed by atoms with Gasteiger partial charge in [0.15, 0.2) is 0 Å². The molecule has 0 bridgehead atoms. The fourth-order valence-electron chi connectivity index (χ4n) is 2.10. The van der Waals surface area contributed by atoms with Crippen LogP contribution in [0.15, 0.2) is 17.5 Å². The standard InChI is InChI=1S/C13H18N2O3S/c1-9(14-12(17)11-3-2-8-19-11)13(18)15-6-4-10(16)5-7-15/h2-3,8-10,16H,4-7H2,1H3,(H,14,17). The summed E-state index contributed by atoms with van der Waals surface area (Å²) in [6.45, 7) is 2.80. The lowest BCUT2D eigenvalue weighted by Gasteiger charge is -2.31. The minimum absolute atomic E-state index is 0.0863. The highest BCUT2D eigenvalue weighted by atomic mass is 32.1. The Hall–Kier alpha value is -1.40. The van der Waals surface area contributed by atoms with E-state index >= 15 is 0 Å². The van der Waals surface area contributed by atoms with Gasteiger partial charge < -0.3 is 15.3 Å². The number of aliphatic hydroxyl groups is 1. The number of nitrogens with one attached hydrogen (secondary N) is 1. The van der Waals surface area contributed by atoms with Gasteiger partial charge in [-0.2, -0.15) is 0 Å². The number of amides is 2. The Kier molecular flexibility index (Phi) is 4.55. The van der Waals surface area contributed by atoms with E-state index in [0.717, 1.165) is 0 Å². The van der Waals surface area contributed by atoms with Crippen molar-refractivity contribution < 1.29 is 14.7 Å². The van der Waals surface area contributed by atoms with Crippen molar-refractivity contribution in [3.8, 4) is 0 Å². The lowest BCUT2D eigenvalue weighted by Crippen LogP contribution is -2.49. The molecule has 104 valence electrons. The molecule has 1 aliphatic rings. The molecule has 1 aliphatic heterocycles. The summed E-state index contributed by atoms with van der Waals surface area (Å²) in [4.78, 5) is 26.3. The van der Waals surface area contributed by atoms with Gasteiger partial charge in [0.1, 0.15) is 6.04 Å². The predicted molar refractivity (Wildman–Crippen MR) is 73.1 cm³/mol. The summed E-state index contributed by atoms with van der Waals surface area (Å²) >= 11 is 1.35. The summed E-state index contributed by atoms with van der Waals surface area (Å²) < 4.78 is 0. The predicted octanol–water partition coefficient (Wildman–Crippen LogP) is 0.850. The number of aliphatic hydroxyl groups excluding tert-OH is 1. The quantitative estimate of drug-likeness (QED) is 0.863. The summed E-state index contributed by atoms with van der Waals surface area (Å²) in [5.41, 5.74) is 0. The molecule has 6 heteroatoms. The molecule has 2 heterocycles. The first-order valence-corrected chi connectivity index (χ1v) is 7.27. The second-order valence-electron chi connectivity index (χ2n) is 4.73. The highest BCUT2D eigenvalue weighted by Gasteiger charge is 2.26. The molecule has 19 heavy (non-hydrogen) atoms. The monoisotopic (exact) mass is 282 g/mol. The molecule has 1 fully saturated rings. The van der Waals surface area contributed by atoms with Crippen LogP contribution in [0, 0.1) is 0 Å². The highest BCUT2D eigenvalue weighted by Crippen LogP contribution is 2.12. The summed E-state index contributed by atoms with van der Waals surface area (Å²) in [6, 6.07) is 3.00. The zero-order chi connectivity index (χ0) is 13.8. The van der Waals surface area contributed by atoms with Crippen molar-refractivity contribution in [3.63, 3.8) is 0 Å². The largest absolute Gasteiger partial charge is 0.393 e. The van der Waals surface area contributed by atoms with Gasteiger partial charge in [0.05, 0.1) is 11.0 Å². The number of piperidine rings is 1. The van der Waals surface area contributed by atoms with Gasteiger partial charge >= 0.3 is 0 Å². The van der Waals surface area contributed by atoms with E-state index < -0.39 is 6.04 Å². The third-order valence-corrected chi connectivity index (χ3v) is 4.11. The number of carbonyl (C=O) groups is 2.